The Hall–Kier alpha value is -0.730. The minimum atomic E-state index is -0.932. The number of benzene rings is 1. The molecular formula is C14H18OS. The summed E-state index contributed by atoms with van der Waals surface area (Å²) in [6.07, 6.45) is 1.59. The molecule has 1 atom stereocenters. The second-order valence-corrected chi connectivity index (χ2v) is 6.25. The van der Waals surface area contributed by atoms with Crippen molar-refractivity contribution in [3.8, 4) is 0 Å². The van der Waals surface area contributed by atoms with Crippen LogP contribution < -0.4 is 0 Å². The smallest absolute Gasteiger partial charge is 0.105 e. The Morgan fingerprint density at radius 3 is 2.81 bits per heavy atom. The largest absolute Gasteiger partial charge is 0.381 e. The minimum Gasteiger partial charge on any atom is -0.381 e. The van der Waals surface area contributed by atoms with Crippen LogP contribution in [0.1, 0.15) is 31.9 Å². The number of aliphatic hydroxyl groups is 1. The third kappa shape index (κ3) is 1.80. The van der Waals surface area contributed by atoms with Gasteiger partial charge in [-0.2, -0.15) is 0 Å². The highest BCUT2D eigenvalue weighted by molar-refractivity contribution is 7.99. The first-order valence-electron chi connectivity index (χ1n) is 5.50. The van der Waals surface area contributed by atoms with Crippen LogP contribution in [0.15, 0.2) is 35.7 Å². The number of fused-ring (bicyclic) bond motifs is 1. The summed E-state index contributed by atoms with van der Waals surface area (Å²) in [6, 6.07) is 6.23. The van der Waals surface area contributed by atoms with Crippen LogP contribution in [-0.4, -0.2) is 10.9 Å². The van der Waals surface area contributed by atoms with Crippen LogP contribution in [0.4, 0.5) is 0 Å². The van der Waals surface area contributed by atoms with Crippen LogP contribution >= 0.6 is 11.8 Å². The van der Waals surface area contributed by atoms with Crippen LogP contribution in [0.5, 0.6) is 0 Å². The first kappa shape index (κ1) is 11.7. The monoisotopic (exact) mass is 234 g/mol. The van der Waals surface area contributed by atoms with Crippen LogP contribution in [-0.2, 0) is 11.0 Å². The fourth-order valence-electron chi connectivity index (χ4n) is 1.95. The highest BCUT2D eigenvalue weighted by atomic mass is 32.2. The molecule has 0 bridgehead atoms. The molecule has 0 saturated carbocycles. The quantitative estimate of drug-likeness (QED) is 0.791. The minimum absolute atomic E-state index is 0.202. The highest BCUT2D eigenvalue weighted by Crippen LogP contribution is 2.44. The van der Waals surface area contributed by atoms with E-state index in [0.717, 1.165) is 11.3 Å². The van der Waals surface area contributed by atoms with E-state index in [4.69, 9.17) is 0 Å². The van der Waals surface area contributed by atoms with E-state index in [2.05, 4.69) is 32.6 Å². The maximum Gasteiger partial charge on any atom is 0.105 e. The zero-order valence-corrected chi connectivity index (χ0v) is 10.9. The lowest BCUT2D eigenvalue weighted by atomic mass is 9.84. The molecule has 86 valence electrons. The van der Waals surface area contributed by atoms with Gasteiger partial charge in [0.25, 0.3) is 0 Å². The van der Waals surface area contributed by atoms with Gasteiger partial charge in [-0.3, -0.25) is 0 Å². The summed E-state index contributed by atoms with van der Waals surface area (Å²) in [6.45, 7) is 9.95. The Labute approximate surface area is 102 Å². The second-order valence-electron chi connectivity index (χ2n) is 5.24. The molecule has 0 unspecified atom stereocenters. The number of thioether (sulfide) groups is 1. The number of hydrogen-bond acceptors (Lipinski definition) is 2. The molecule has 0 fully saturated rings. The van der Waals surface area contributed by atoms with Gasteiger partial charge in [0.2, 0.25) is 0 Å². The van der Waals surface area contributed by atoms with E-state index >= 15 is 0 Å². The predicted molar refractivity (Wildman–Crippen MR) is 70.0 cm³/mol. The van der Waals surface area contributed by atoms with Crippen LogP contribution in [0.3, 0.4) is 0 Å². The summed E-state index contributed by atoms with van der Waals surface area (Å²) in [5, 5.41) is 10.2. The average molecular weight is 234 g/mol. The van der Waals surface area contributed by atoms with Crippen LogP contribution in [0, 0.1) is 0 Å². The molecular weight excluding hydrogens is 216 g/mol. The SMILES string of the molecule is C=C[C@](C)(O)c1ccc2c(c1)C(C)(C)CS2. The van der Waals surface area contributed by atoms with E-state index in [9.17, 15) is 5.11 Å². The van der Waals surface area contributed by atoms with Crippen molar-refractivity contribution in [3.63, 3.8) is 0 Å². The van der Waals surface area contributed by atoms with Gasteiger partial charge in [0.15, 0.2) is 0 Å². The third-order valence-corrected chi connectivity index (χ3v) is 4.81. The van der Waals surface area contributed by atoms with Gasteiger partial charge in [-0.15, -0.1) is 11.8 Å². The number of rotatable bonds is 2. The predicted octanol–water partition coefficient (Wildman–Crippen LogP) is 3.46. The zero-order chi connectivity index (χ0) is 12.0. The number of hydrogen-bond donors (Lipinski definition) is 1. The van der Waals surface area contributed by atoms with Crippen molar-refractivity contribution in [1.29, 1.82) is 0 Å². The molecule has 0 amide bonds. The van der Waals surface area contributed by atoms with E-state index in [1.165, 1.54) is 10.5 Å². The molecule has 0 aromatic heterocycles. The van der Waals surface area contributed by atoms with Gasteiger partial charge < -0.3 is 5.11 Å². The Morgan fingerprint density at radius 1 is 1.50 bits per heavy atom. The Kier molecular flexibility index (Phi) is 2.67. The van der Waals surface area contributed by atoms with Crippen molar-refractivity contribution in [2.24, 2.45) is 0 Å². The van der Waals surface area contributed by atoms with Gasteiger partial charge in [0.05, 0.1) is 0 Å². The molecule has 1 heterocycles. The summed E-state index contributed by atoms with van der Waals surface area (Å²) in [5.41, 5.74) is 1.54. The molecule has 0 aliphatic carbocycles. The van der Waals surface area contributed by atoms with Crippen molar-refractivity contribution >= 4 is 11.8 Å². The molecule has 2 rings (SSSR count). The van der Waals surface area contributed by atoms with Crippen molar-refractivity contribution in [2.75, 3.05) is 5.75 Å². The van der Waals surface area contributed by atoms with Gasteiger partial charge in [-0.25, -0.2) is 0 Å². The first-order chi connectivity index (χ1) is 7.37. The summed E-state index contributed by atoms with van der Waals surface area (Å²) < 4.78 is 0. The molecule has 0 saturated heterocycles. The molecule has 1 aliphatic heterocycles. The van der Waals surface area contributed by atoms with E-state index in [-0.39, 0.29) is 5.41 Å². The van der Waals surface area contributed by atoms with Crippen molar-refractivity contribution in [2.45, 2.75) is 36.7 Å². The normalized spacial score (nSPS) is 21.2. The summed E-state index contributed by atoms with van der Waals surface area (Å²) in [4.78, 5) is 1.34. The fourth-order valence-corrected chi connectivity index (χ4v) is 3.28. The van der Waals surface area contributed by atoms with E-state index in [1.807, 2.05) is 17.8 Å². The van der Waals surface area contributed by atoms with Gasteiger partial charge in [0.1, 0.15) is 5.60 Å². The van der Waals surface area contributed by atoms with Crippen molar-refractivity contribution in [3.05, 3.63) is 42.0 Å². The highest BCUT2D eigenvalue weighted by Gasteiger charge is 2.32. The molecule has 16 heavy (non-hydrogen) atoms. The van der Waals surface area contributed by atoms with Gasteiger partial charge in [-0.1, -0.05) is 38.6 Å². The fraction of sp³-hybridized carbons (Fsp3) is 0.429. The van der Waals surface area contributed by atoms with Crippen LogP contribution in [0.2, 0.25) is 0 Å². The zero-order valence-electron chi connectivity index (χ0n) is 10.1. The van der Waals surface area contributed by atoms with Crippen molar-refractivity contribution < 1.29 is 5.11 Å². The summed E-state index contributed by atoms with van der Waals surface area (Å²) >= 11 is 1.89. The molecule has 0 radical (unpaired) electrons. The molecule has 2 heteroatoms. The van der Waals surface area contributed by atoms with Gasteiger partial charge in [-0.05, 0) is 24.1 Å². The lowest BCUT2D eigenvalue weighted by Crippen LogP contribution is -2.20. The lowest BCUT2D eigenvalue weighted by Gasteiger charge is -2.23. The maximum atomic E-state index is 10.2. The second kappa shape index (κ2) is 3.64. The standard InChI is InChI=1S/C14H18OS/c1-5-14(4,15)10-6-7-12-11(8-10)13(2,3)9-16-12/h5-8,15H,1,9H2,2-4H3/t14-/m0/s1. The molecule has 0 spiro atoms. The molecule has 1 aliphatic rings. The van der Waals surface area contributed by atoms with E-state index < -0.39 is 5.60 Å². The van der Waals surface area contributed by atoms with Gasteiger partial charge in [0, 0.05) is 16.1 Å². The van der Waals surface area contributed by atoms with Crippen LogP contribution in [0.25, 0.3) is 0 Å². The summed E-state index contributed by atoms with van der Waals surface area (Å²) in [7, 11) is 0. The summed E-state index contributed by atoms with van der Waals surface area (Å²) in [5.74, 6) is 1.11. The Bertz CT molecular complexity index is 432. The van der Waals surface area contributed by atoms with Gasteiger partial charge >= 0.3 is 0 Å². The molecule has 1 aromatic carbocycles. The average Bonchev–Trinajstić information content (AvgIpc) is 2.55. The Morgan fingerprint density at radius 2 is 2.19 bits per heavy atom. The first-order valence-corrected chi connectivity index (χ1v) is 6.49. The molecule has 1 N–H and O–H groups in total. The molecule has 1 nitrogen and oxygen atoms in total. The van der Waals surface area contributed by atoms with E-state index in [0.29, 0.717) is 0 Å². The lowest BCUT2D eigenvalue weighted by molar-refractivity contribution is 0.111. The maximum absolute atomic E-state index is 10.2. The molecule has 1 aromatic rings. The topological polar surface area (TPSA) is 20.2 Å². The van der Waals surface area contributed by atoms with E-state index in [1.54, 1.807) is 13.0 Å². The Balaban J connectivity index is 2.51. The third-order valence-electron chi connectivity index (χ3n) is 3.28. The van der Waals surface area contributed by atoms with Crippen molar-refractivity contribution in [1.82, 2.24) is 0 Å².